The maximum atomic E-state index is 13.0. The largest absolute Gasteiger partial charge is 0.325 e. The molecule has 1 fully saturated rings. The van der Waals surface area contributed by atoms with Crippen molar-refractivity contribution in [3.8, 4) is 0 Å². The van der Waals surface area contributed by atoms with Crippen molar-refractivity contribution in [3.63, 3.8) is 0 Å². The number of amides is 1. The SMILES string of the molecule is C[C@@H]1C[C@@H](C)CN(S(=O)(=O)c2ccc(NC(=O)CN(C)Cc3ccccc3)cc2)C1. The van der Waals surface area contributed by atoms with Crippen LogP contribution >= 0.6 is 0 Å². The normalized spacial score (nSPS) is 20.3. The molecule has 7 heteroatoms. The van der Waals surface area contributed by atoms with E-state index in [4.69, 9.17) is 0 Å². The van der Waals surface area contributed by atoms with Crippen molar-refractivity contribution in [3.05, 3.63) is 60.2 Å². The fourth-order valence-corrected chi connectivity index (χ4v) is 5.74. The predicted molar refractivity (Wildman–Crippen MR) is 120 cm³/mol. The van der Waals surface area contributed by atoms with Crippen LogP contribution in [0.3, 0.4) is 0 Å². The summed E-state index contributed by atoms with van der Waals surface area (Å²) in [6, 6.07) is 16.4. The Kier molecular flexibility index (Phi) is 7.28. The summed E-state index contributed by atoms with van der Waals surface area (Å²) in [5, 5.41) is 2.84. The van der Waals surface area contributed by atoms with E-state index in [2.05, 4.69) is 19.2 Å². The Morgan fingerprint density at radius 3 is 2.23 bits per heavy atom. The van der Waals surface area contributed by atoms with Crippen molar-refractivity contribution >= 4 is 21.6 Å². The number of likely N-dealkylation sites (N-methyl/N-ethyl adjacent to an activating group) is 1. The van der Waals surface area contributed by atoms with E-state index in [0.717, 1.165) is 12.0 Å². The smallest absolute Gasteiger partial charge is 0.243 e. The monoisotopic (exact) mass is 429 g/mol. The zero-order chi connectivity index (χ0) is 21.7. The number of rotatable bonds is 7. The Bertz CT molecular complexity index is 935. The van der Waals surface area contributed by atoms with Crippen LogP contribution < -0.4 is 5.32 Å². The minimum Gasteiger partial charge on any atom is -0.325 e. The highest BCUT2D eigenvalue weighted by molar-refractivity contribution is 7.89. The van der Waals surface area contributed by atoms with Crippen molar-refractivity contribution in [2.75, 3.05) is 32.0 Å². The van der Waals surface area contributed by atoms with Crippen molar-refractivity contribution in [2.45, 2.75) is 31.7 Å². The first-order valence-electron chi connectivity index (χ1n) is 10.4. The van der Waals surface area contributed by atoms with E-state index in [1.807, 2.05) is 42.3 Å². The maximum Gasteiger partial charge on any atom is 0.243 e. The van der Waals surface area contributed by atoms with E-state index < -0.39 is 10.0 Å². The van der Waals surface area contributed by atoms with Gasteiger partial charge in [-0.2, -0.15) is 4.31 Å². The van der Waals surface area contributed by atoms with Gasteiger partial charge in [0, 0.05) is 25.3 Å². The summed E-state index contributed by atoms with van der Waals surface area (Å²) in [7, 11) is -1.62. The Morgan fingerprint density at radius 2 is 1.63 bits per heavy atom. The first kappa shape index (κ1) is 22.5. The van der Waals surface area contributed by atoms with Gasteiger partial charge >= 0.3 is 0 Å². The summed E-state index contributed by atoms with van der Waals surface area (Å²) in [6.07, 6.45) is 1.05. The van der Waals surface area contributed by atoms with Crippen LogP contribution in [0.1, 0.15) is 25.8 Å². The molecular formula is C23H31N3O3S. The molecule has 0 spiro atoms. The van der Waals surface area contributed by atoms with Gasteiger partial charge in [-0.05, 0) is 55.1 Å². The minimum absolute atomic E-state index is 0.136. The Balaban J connectivity index is 1.58. The molecule has 1 heterocycles. The molecule has 1 N–H and O–H groups in total. The average Bonchev–Trinajstić information content (AvgIpc) is 2.68. The highest BCUT2D eigenvalue weighted by Crippen LogP contribution is 2.27. The fraction of sp³-hybridized carbons (Fsp3) is 0.435. The summed E-state index contributed by atoms with van der Waals surface area (Å²) < 4.78 is 27.5. The highest BCUT2D eigenvalue weighted by atomic mass is 32.2. The number of benzene rings is 2. The van der Waals surface area contributed by atoms with Crippen LogP contribution in [0.4, 0.5) is 5.69 Å². The molecule has 2 aromatic carbocycles. The Morgan fingerprint density at radius 1 is 1.03 bits per heavy atom. The lowest BCUT2D eigenvalue weighted by Gasteiger charge is -2.34. The molecule has 0 saturated carbocycles. The van der Waals surface area contributed by atoms with E-state index in [-0.39, 0.29) is 17.3 Å². The number of hydrogen-bond acceptors (Lipinski definition) is 4. The molecule has 1 amide bonds. The van der Waals surface area contributed by atoms with E-state index >= 15 is 0 Å². The second-order valence-corrected chi connectivity index (χ2v) is 10.4. The number of sulfonamides is 1. The number of hydrogen-bond donors (Lipinski definition) is 1. The third-order valence-electron chi connectivity index (χ3n) is 5.32. The van der Waals surface area contributed by atoms with Crippen LogP contribution in [0.5, 0.6) is 0 Å². The molecule has 1 saturated heterocycles. The standard InChI is InChI=1S/C23H31N3O3S/c1-18-13-19(2)15-26(14-18)30(28,29)22-11-9-21(10-12-22)24-23(27)17-25(3)16-20-7-5-4-6-8-20/h4-12,18-19H,13-17H2,1-3H3,(H,24,27)/t18-,19-/m1/s1. The van der Waals surface area contributed by atoms with Crippen LogP contribution in [0.15, 0.2) is 59.5 Å². The first-order valence-corrected chi connectivity index (χ1v) is 11.8. The molecular weight excluding hydrogens is 398 g/mol. The molecule has 30 heavy (non-hydrogen) atoms. The fourth-order valence-electron chi connectivity index (χ4n) is 4.06. The van der Waals surface area contributed by atoms with Crippen molar-refractivity contribution < 1.29 is 13.2 Å². The summed E-state index contributed by atoms with van der Waals surface area (Å²) in [5.41, 5.74) is 1.73. The van der Waals surface area contributed by atoms with Gasteiger partial charge in [0.1, 0.15) is 0 Å². The molecule has 1 aliphatic rings. The van der Waals surface area contributed by atoms with Crippen LogP contribution in [-0.2, 0) is 21.4 Å². The van der Waals surface area contributed by atoms with Crippen LogP contribution in [0.25, 0.3) is 0 Å². The van der Waals surface area contributed by atoms with E-state index in [0.29, 0.717) is 37.2 Å². The highest BCUT2D eigenvalue weighted by Gasteiger charge is 2.31. The Hall–Kier alpha value is -2.22. The average molecular weight is 430 g/mol. The van der Waals surface area contributed by atoms with Gasteiger partial charge in [0.05, 0.1) is 11.4 Å². The summed E-state index contributed by atoms with van der Waals surface area (Å²) >= 11 is 0. The number of nitrogens with zero attached hydrogens (tertiary/aromatic N) is 2. The van der Waals surface area contributed by atoms with E-state index in [1.54, 1.807) is 28.6 Å². The van der Waals surface area contributed by atoms with Crippen LogP contribution in [0.2, 0.25) is 0 Å². The van der Waals surface area contributed by atoms with Crippen molar-refractivity contribution in [1.82, 2.24) is 9.21 Å². The summed E-state index contributed by atoms with van der Waals surface area (Å²) in [4.78, 5) is 14.5. The van der Waals surface area contributed by atoms with Gasteiger partial charge in [0.2, 0.25) is 15.9 Å². The summed E-state index contributed by atoms with van der Waals surface area (Å²) in [6.45, 7) is 6.21. The van der Waals surface area contributed by atoms with Gasteiger partial charge in [-0.3, -0.25) is 9.69 Å². The molecule has 1 aliphatic heterocycles. The molecule has 0 bridgehead atoms. The van der Waals surface area contributed by atoms with Gasteiger partial charge in [-0.15, -0.1) is 0 Å². The van der Waals surface area contributed by atoms with E-state index in [9.17, 15) is 13.2 Å². The number of piperidine rings is 1. The van der Waals surface area contributed by atoms with Crippen molar-refractivity contribution in [1.29, 1.82) is 0 Å². The molecule has 0 radical (unpaired) electrons. The molecule has 2 atom stereocenters. The lowest BCUT2D eigenvalue weighted by atomic mass is 9.94. The maximum absolute atomic E-state index is 13.0. The molecule has 2 aromatic rings. The topological polar surface area (TPSA) is 69.7 Å². The quantitative estimate of drug-likeness (QED) is 0.732. The van der Waals surface area contributed by atoms with Gasteiger partial charge in [0.25, 0.3) is 0 Å². The van der Waals surface area contributed by atoms with Gasteiger partial charge in [0.15, 0.2) is 0 Å². The zero-order valence-electron chi connectivity index (χ0n) is 17.9. The predicted octanol–water partition coefficient (Wildman–Crippen LogP) is 3.42. The Labute approximate surface area is 179 Å². The number of carbonyl (C=O) groups is 1. The lowest BCUT2D eigenvalue weighted by Crippen LogP contribution is -2.42. The number of nitrogens with one attached hydrogen (secondary N) is 1. The summed E-state index contributed by atoms with van der Waals surface area (Å²) in [5.74, 6) is 0.577. The second kappa shape index (κ2) is 9.73. The second-order valence-electron chi connectivity index (χ2n) is 8.50. The lowest BCUT2D eigenvalue weighted by molar-refractivity contribution is -0.117. The molecule has 3 rings (SSSR count). The van der Waals surface area contributed by atoms with Crippen LogP contribution in [-0.4, -0.2) is 50.2 Å². The van der Waals surface area contributed by atoms with Crippen LogP contribution in [0, 0.1) is 11.8 Å². The minimum atomic E-state index is -3.51. The first-order chi connectivity index (χ1) is 14.2. The zero-order valence-corrected chi connectivity index (χ0v) is 18.7. The van der Waals surface area contributed by atoms with Gasteiger partial charge < -0.3 is 5.32 Å². The number of anilines is 1. The molecule has 6 nitrogen and oxygen atoms in total. The molecule has 0 unspecified atom stereocenters. The number of carbonyl (C=O) groups excluding carboxylic acids is 1. The van der Waals surface area contributed by atoms with Crippen molar-refractivity contribution in [2.24, 2.45) is 11.8 Å². The van der Waals surface area contributed by atoms with Gasteiger partial charge in [-0.1, -0.05) is 44.2 Å². The molecule has 162 valence electrons. The third-order valence-corrected chi connectivity index (χ3v) is 7.17. The van der Waals surface area contributed by atoms with Gasteiger partial charge in [-0.25, -0.2) is 8.42 Å². The third kappa shape index (κ3) is 5.90. The molecule has 0 aromatic heterocycles. The molecule has 0 aliphatic carbocycles. The van der Waals surface area contributed by atoms with E-state index in [1.165, 1.54) is 0 Å².